The first-order chi connectivity index (χ1) is 14.1. The summed E-state index contributed by atoms with van der Waals surface area (Å²) in [6, 6.07) is 9.08. The van der Waals surface area contributed by atoms with Gasteiger partial charge in [0.05, 0.1) is 11.3 Å². The van der Waals surface area contributed by atoms with Crippen molar-refractivity contribution in [2.75, 3.05) is 12.8 Å². The molecule has 0 aliphatic carbocycles. The van der Waals surface area contributed by atoms with Gasteiger partial charge in [-0.1, -0.05) is 12.1 Å². The summed E-state index contributed by atoms with van der Waals surface area (Å²) < 4.78 is 61.4. The monoisotopic (exact) mass is 453 g/mol. The van der Waals surface area contributed by atoms with Crippen molar-refractivity contribution in [3.8, 4) is 10.4 Å². The number of hydrogen-bond acceptors (Lipinski definition) is 6. The molecule has 158 valence electrons. The van der Waals surface area contributed by atoms with Gasteiger partial charge in [0, 0.05) is 53.8 Å². The molecule has 2 aromatic heterocycles. The molecule has 4 rings (SSSR count). The van der Waals surface area contributed by atoms with Gasteiger partial charge in [-0.3, -0.25) is 4.90 Å². The number of alkyl halides is 3. The van der Waals surface area contributed by atoms with E-state index in [9.17, 15) is 21.6 Å². The summed E-state index contributed by atoms with van der Waals surface area (Å²) in [5.41, 5.74) is 1.77. The van der Waals surface area contributed by atoms with E-state index in [1.54, 1.807) is 17.5 Å². The molecule has 0 saturated heterocycles. The highest BCUT2D eigenvalue weighted by atomic mass is 32.2. The quantitative estimate of drug-likeness (QED) is 0.555. The fourth-order valence-corrected chi connectivity index (χ4v) is 4.91. The van der Waals surface area contributed by atoms with Crippen molar-refractivity contribution in [2.45, 2.75) is 30.8 Å². The third-order valence-corrected chi connectivity index (χ3v) is 6.84. The zero-order chi connectivity index (χ0) is 21.5. The molecular weight excluding hydrogens is 435 g/mol. The average Bonchev–Trinajstić information content (AvgIpc) is 3.15. The molecule has 0 saturated carbocycles. The predicted octanol–water partition coefficient (Wildman–Crippen LogP) is 4.19. The topological polar surface area (TPSA) is 63.2 Å². The van der Waals surface area contributed by atoms with Gasteiger partial charge in [-0.05, 0) is 29.8 Å². The fourth-order valence-electron chi connectivity index (χ4n) is 3.33. The van der Waals surface area contributed by atoms with Crippen molar-refractivity contribution >= 4 is 21.2 Å². The molecule has 0 atom stereocenters. The molecule has 5 nitrogen and oxygen atoms in total. The summed E-state index contributed by atoms with van der Waals surface area (Å²) in [5, 5.41) is -0.144. The van der Waals surface area contributed by atoms with Crippen LogP contribution in [0.3, 0.4) is 0 Å². The van der Waals surface area contributed by atoms with E-state index in [0.29, 0.717) is 19.5 Å². The van der Waals surface area contributed by atoms with Gasteiger partial charge in [0.15, 0.2) is 0 Å². The summed E-state index contributed by atoms with van der Waals surface area (Å²) >= 11 is 1.55. The van der Waals surface area contributed by atoms with E-state index in [-0.39, 0.29) is 5.16 Å². The van der Waals surface area contributed by atoms with Crippen molar-refractivity contribution in [3.63, 3.8) is 0 Å². The number of thiophene rings is 1. The summed E-state index contributed by atoms with van der Waals surface area (Å²) in [6.07, 6.45) is -1.03. The third kappa shape index (κ3) is 4.55. The Morgan fingerprint density at radius 3 is 2.53 bits per heavy atom. The molecular formula is C20H18F3N3O2S2. The largest absolute Gasteiger partial charge is 0.416 e. The molecule has 1 aliphatic rings. The summed E-state index contributed by atoms with van der Waals surface area (Å²) in [7, 11) is -3.43. The molecule has 0 radical (unpaired) electrons. The predicted molar refractivity (Wildman–Crippen MR) is 108 cm³/mol. The van der Waals surface area contributed by atoms with E-state index in [1.165, 1.54) is 12.1 Å². The Bertz CT molecular complexity index is 1170. The molecule has 1 aliphatic heterocycles. The Morgan fingerprint density at radius 2 is 1.87 bits per heavy atom. The molecule has 0 bridgehead atoms. The first kappa shape index (κ1) is 21.0. The zero-order valence-electron chi connectivity index (χ0n) is 16.0. The maximum absolute atomic E-state index is 12.7. The highest BCUT2D eigenvalue weighted by molar-refractivity contribution is 7.90. The Kier molecular flexibility index (Phi) is 5.41. The van der Waals surface area contributed by atoms with Gasteiger partial charge in [0.2, 0.25) is 15.0 Å². The number of nitrogens with zero attached hydrogens (tertiary/aromatic N) is 3. The van der Waals surface area contributed by atoms with E-state index >= 15 is 0 Å². The lowest BCUT2D eigenvalue weighted by Crippen LogP contribution is -2.31. The van der Waals surface area contributed by atoms with Crippen molar-refractivity contribution in [1.29, 1.82) is 0 Å². The molecule has 0 spiro atoms. The second kappa shape index (κ2) is 7.75. The summed E-state index contributed by atoms with van der Waals surface area (Å²) in [5.74, 6) is 0. The molecule has 0 fully saturated rings. The van der Waals surface area contributed by atoms with E-state index in [4.69, 9.17) is 0 Å². The van der Waals surface area contributed by atoms with Crippen molar-refractivity contribution in [1.82, 2.24) is 14.9 Å². The number of sulfone groups is 1. The van der Waals surface area contributed by atoms with Gasteiger partial charge in [0.25, 0.3) is 0 Å². The van der Waals surface area contributed by atoms with E-state index in [2.05, 4.69) is 14.9 Å². The maximum atomic E-state index is 12.7. The Balaban J connectivity index is 1.45. The standard InChI is InChI=1S/C20H18F3N3O2S2/c1-30(27,28)19-24-10-14-11-26(9-8-17(14)25-19)12-16-6-7-18(29-16)13-2-4-15(5-3-13)20(21,22)23/h2-7,10H,8-9,11-12H2,1H3. The first-order valence-electron chi connectivity index (χ1n) is 9.13. The molecule has 30 heavy (non-hydrogen) atoms. The highest BCUT2D eigenvalue weighted by Crippen LogP contribution is 2.33. The average molecular weight is 454 g/mol. The minimum atomic E-state index is -4.34. The maximum Gasteiger partial charge on any atom is 0.416 e. The normalized spacial score (nSPS) is 15.2. The SMILES string of the molecule is CS(=O)(=O)c1ncc2c(n1)CCN(Cc1ccc(-c3ccc(C(F)(F)F)cc3)s1)C2. The lowest BCUT2D eigenvalue weighted by molar-refractivity contribution is -0.137. The fraction of sp³-hybridized carbons (Fsp3) is 0.300. The molecule has 0 N–H and O–H groups in total. The molecule has 0 amide bonds. The lowest BCUT2D eigenvalue weighted by atomic mass is 10.1. The number of halogens is 3. The second-order valence-electron chi connectivity index (χ2n) is 7.20. The highest BCUT2D eigenvalue weighted by Gasteiger charge is 2.30. The van der Waals surface area contributed by atoms with Crippen LogP contribution in [0.15, 0.2) is 47.8 Å². The molecule has 1 aromatic carbocycles. The third-order valence-electron chi connectivity index (χ3n) is 4.86. The Morgan fingerprint density at radius 1 is 1.13 bits per heavy atom. The number of benzene rings is 1. The summed E-state index contributed by atoms with van der Waals surface area (Å²) in [4.78, 5) is 12.4. The molecule has 3 heterocycles. The number of hydrogen-bond donors (Lipinski definition) is 0. The first-order valence-corrected chi connectivity index (χ1v) is 11.8. The minimum absolute atomic E-state index is 0.144. The van der Waals surface area contributed by atoms with Crippen LogP contribution in [-0.2, 0) is 35.5 Å². The van der Waals surface area contributed by atoms with Crippen molar-refractivity contribution in [2.24, 2.45) is 0 Å². The van der Waals surface area contributed by atoms with Crippen molar-refractivity contribution in [3.05, 3.63) is 64.3 Å². The van der Waals surface area contributed by atoms with E-state index in [0.717, 1.165) is 51.5 Å². The number of rotatable bonds is 4. The van der Waals surface area contributed by atoms with Crippen LogP contribution in [0.4, 0.5) is 13.2 Å². The van der Waals surface area contributed by atoms with E-state index in [1.807, 2.05) is 12.1 Å². The Hall–Kier alpha value is -2.30. The van der Waals surface area contributed by atoms with Crippen LogP contribution >= 0.6 is 11.3 Å². The zero-order valence-corrected chi connectivity index (χ0v) is 17.6. The number of aromatic nitrogens is 2. The van der Waals surface area contributed by atoms with Crippen LogP contribution in [0.1, 0.15) is 21.7 Å². The van der Waals surface area contributed by atoms with Gasteiger partial charge < -0.3 is 0 Å². The Labute approximate surface area is 176 Å². The minimum Gasteiger partial charge on any atom is -0.293 e. The van der Waals surface area contributed by atoms with Crippen LogP contribution in [0.25, 0.3) is 10.4 Å². The van der Waals surface area contributed by atoms with Crippen LogP contribution in [0.5, 0.6) is 0 Å². The number of fused-ring (bicyclic) bond motifs is 1. The summed E-state index contributed by atoms with van der Waals surface area (Å²) in [6.45, 7) is 2.05. The smallest absolute Gasteiger partial charge is 0.293 e. The van der Waals surface area contributed by atoms with Crippen LogP contribution < -0.4 is 0 Å². The van der Waals surface area contributed by atoms with Gasteiger partial charge in [-0.15, -0.1) is 11.3 Å². The molecule has 10 heteroatoms. The molecule has 3 aromatic rings. The van der Waals surface area contributed by atoms with Crippen LogP contribution in [-0.4, -0.2) is 36.1 Å². The van der Waals surface area contributed by atoms with Crippen molar-refractivity contribution < 1.29 is 21.6 Å². The lowest BCUT2D eigenvalue weighted by Gasteiger charge is -2.27. The van der Waals surface area contributed by atoms with Gasteiger partial charge >= 0.3 is 6.18 Å². The second-order valence-corrected chi connectivity index (χ2v) is 10.3. The van der Waals surface area contributed by atoms with E-state index < -0.39 is 21.6 Å². The van der Waals surface area contributed by atoms with Gasteiger partial charge in [-0.25, -0.2) is 18.4 Å². The van der Waals surface area contributed by atoms with Gasteiger partial charge in [0.1, 0.15) is 0 Å². The van der Waals surface area contributed by atoms with Gasteiger partial charge in [-0.2, -0.15) is 13.2 Å². The van der Waals surface area contributed by atoms with Crippen LogP contribution in [0.2, 0.25) is 0 Å². The molecule has 0 unspecified atom stereocenters. The van der Waals surface area contributed by atoms with Crippen LogP contribution in [0, 0.1) is 0 Å².